The lowest BCUT2D eigenvalue weighted by Gasteiger charge is -2.25. The average Bonchev–Trinajstić information content (AvgIpc) is 2.62. The molecule has 5 heteroatoms. The molecule has 0 bridgehead atoms. The van der Waals surface area contributed by atoms with E-state index in [1.165, 1.54) is 0 Å². The molecule has 0 saturated heterocycles. The number of nitrogens with one attached hydrogen (secondary N) is 1. The molecule has 25 heavy (non-hydrogen) atoms. The maximum atomic E-state index is 12.8. The Morgan fingerprint density at radius 3 is 2.20 bits per heavy atom. The first-order valence-corrected chi connectivity index (χ1v) is 8.19. The molecule has 0 aliphatic heterocycles. The van der Waals surface area contributed by atoms with Crippen LogP contribution in [-0.4, -0.2) is 26.7 Å². The van der Waals surface area contributed by atoms with Crippen LogP contribution in [0.5, 0.6) is 17.2 Å². The molecule has 0 saturated carbocycles. The summed E-state index contributed by atoms with van der Waals surface area (Å²) in [5.74, 6) is 1.90. The number of carbonyl (C=O) groups is 1. The number of hydrogen-bond donors (Lipinski definition) is 1. The Hall–Kier alpha value is -2.69. The van der Waals surface area contributed by atoms with Gasteiger partial charge in [0, 0.05) is 5.69 Å². The summed E-state index contributed by atoms with van der Waals surface area (Å²) in [6.45, 7) is 6.29. The van der Waals surface area contributed by atoms with Crippen LogP contribution in [0.25, 0.3) is 0 Å². The van der Waals surface area contributed by atoms with Crippen molar-refractivity contribution in [1.82, 2.24) is 0 Å². The van der Waals surface area contributed by atoms with Crippen molar-refractivity contribution >= 4 is 11.6 Å². The molecule has 0 aromatic heterocycles. The molecule has 0 aliphatic carbocycles. The summed E-state index contributed by atoms with van der Waals surface area (Å²) < 4.78 is 16.0. The van der Waals surface area contributed by atoms with Crippen molar-refractivity contribution in [3.63, 3.8) is 0 Å². The Kier molecular flexibility index (Phi) is 5.91. The quantitative estimate of drug-likeness (QED) is 0.825. The summed E-state index contributed by atoms with van der Waals surface area (Å²) in [7, 11) is 3.16. The van der Waals surface area contributed by atoms with Crippen molar-refractivity contribution in [2.45, 2.75) is 26.2 Å². The molecule has 2 aromatic rings. The van der Waals surface area contributed by atoms with E-state index < -0.39 is 5.41 Å². The molecule has 0 heterocycles. The predicted octanol–water partition coefficient (Wildman–Crippen LogP) is 4.02. The van der Waals surface area contributed by atoms with Gasteiger partial charge in [0.15, 0.2) is 11.5 Å². The number of rotatable bonds is 7. The molecule has 0 spiro atoms. The van der Waals surface area contributed by atoms with E-state index in [4.69, 9.17) is 14.2 Å². The van der Waals surface area contributed by atoms with Crippen LogP contribution in [-0.2, 0) is 10.2 Å². The van der Waals surface area contributed by atoms with Crippen molar-refractivity contribution in [3.05, 3.63) is 48.0 Å². The first kappa shape index (κ1) is 18.6. The van der Waals surface area contributed by atoms with E-state index in [2.05, 4.69) is 5.32 Å². The van der Waals surface area contributed by atoms with Crippen molar-refractivity contribution in [3.8, 4) is 17.2 Å². The Balaban J connectivity index is 2.19. The molecular weight excluding hydrogens is 318 g/mol. The van der Waals surface area contributed by atoms with E-state index in [0.717, 1.165) is 17.0 Å². The van der Waals surface area contributed by atoms with Crippen LogP contribution in [0.2, 0.25) is 0 Å². The van der Waals surface area contributed by atoms with Gasteiger partial charge in [-0.2, -0.15) is 0 Å². The third kappa shape index (κ3) is 4.24. The van der Waals surface area contributed by atoms with Gasteiger partial charge in [0.2, 0.25) is 5.91 Å². The van der Waals surface area contributed by atoms with Crippen LogP contribution in [0, 0.1) is 0 Å². The van der Waals surface area contributed by atoms with E-state index in [1.807, 2.05) is 57.2 Å². The second kappa shape index (κ2) is 7.92. The number of anilines is 1. The second-order valence-electron chi connectivity index (χ2n) is 6.11. The fourth-order valence-corrected chi connectivity index (χ4v) is 2.44. The number of benzene rings is 2. The molecule has 0 unspecified atom stereocenters. The van der Waals surface area contributed by atoms with Gasteiger partial charge in [-0.15, -0.1) is 0 Å². The fraction of sp³-hybridized carbons (Fsp3) is 0.350. The zero-order valence-electron chi connectivity index (χ0n) is 15.4. The molecular formula is C20H25NO4. The molecule has 0 atom stereocenters. The highest BCUT2D eigenvalue weighted by atomic mass is 16.5. The highest BCUT2D eigenvalue weighted by molar-refractivity contribution is 5.98. The normalized spacial score (nSPS) is 10.9. The maximum absolute atomic E-state index is 12.8. The highest BCUT2D eigenvalue weighted by Crippen LogP contribution is 2.34. The maximum Gasteiger partial charge on any atom is 0.234 e. The molecule has 2 aromatic carbocycles. The number of hydrogen-bond acceptors (Lipinski definition) is 4. The SMILES string of the molecule is CCOc1ccc(NC(=O)C(C)(C)c2ccc(OC)c(OC)c2)cc1. The van der Waals surface area contributed by atoms with E-state index in [0.29, 0.717) is 18.1 Å². The number of amides is 1. The van der Waals surface area contributed by atoms with E-state index in [9.17, 15) is 4.79 Å². The van der Waals surface area contributed by atoms with Gasteiger partial charge in [-0.1, -0.05) is 6.07 Å². The van der Waals surface area contributed by atoms with Crippen molar-refractivity contribution in [2.24, 2.45) is 0 Å². The Bertz CT molecular complexity index is 723. The van der Waals surface area contributed by atoms with Crippen LogP contribution >= 0.6 is 0 Å². The minimum Gasteiger partial charge on any atom is -0.494 e. The molecule has 0 aliphatic rings. The zero-order chi connectivity index (χ0) is 18.4. The Morgan fingerprint density at radius 1 is 1.00 bits per heavy atom. The Labute approximate surface area is 148 Å². The van der Waals surface area contributed by atoms with Crippen molar-refractivity contribution < 1.29 is 19.0 Å². The van der Waals surface area contributed by atoms with Crippen LogP contribution in [0.3, 0.4) is 0 Å². The number of carbonyl (C=O) groups excluding carboxylic acids is 1. The lowest BCUT2D eigenvalue weighted by molar-refractivity contribution is -0.120. The first-order chi connectivity index (χ1) is 11.9. The molecule has 0 radical (unpaired) electrons. The monoisotopic (exact) mass is 343 g/mol. The number of methoxy groups -OCH3 is 2. The molecule has 2 rings (SSSR count). The van der Waals surface area contributed by atoms with Crippen LogP contribution in [0.15, 0.2) is 42.5 Å². The predicted molar refractivity (Wildman–Crippen MR) is 98.8 cm³/mol. The van der Waals surface area contributed by atoms with Gasteiger partial charge in [-0.05, 0) is 62.7 Å². The van der Waals surface area contributed by atoms with Crippen molar-refractivity contribution in [1.29, 1.82) is 0 Å². The van der Waals surface area contributed by atoms with Crippen LogP contribution in [0.4, 0.5) is 5.69 Å². The minimum absolute atomic E-state index is 0.108. The Morgan fingerprint density at radius 2 is 1.64 bits per heavy atom. The topological polar surface area (TPSA) is 56.8 Å². The summed E-state index contributed by atoms with van der Waals surface area (Å²) in [5.41, 5.74) is 0.827. The standard InChI is InChI=1S/C20H25NO4/c1-6-25-16-10-8-15(9-11-16)21-19(22)20(2,3)14-7-12-17(23-4)18(13-14)24-5/h7-13H,6H2,1-5H3,(H,21,22). The van der Waals surface area contributed by atoms with E-state index >= 15 is 0 Å². The molecule has 134 valence electrons. The zero-order valence-corrected chi connectivity index (χ0v) is 15.4. The molecule has 5 nitrogen and oxygen atoms in total. The minimum atomic E-state index is -0.738. The van der Waals surface area contributed by atoms with E-state index in [-0.39, 0.29) is 5.91 Å². The number of ether oxygens (including phenoxy) is 3. The summed E-state index contributed by atoms with van der Waals surface area (Å²) in [5, 5.41) is 2.95. The van der Waals surface area contributed by atoms with Crippen molar-refractivity contribution in [2.75, 3.05) is 26.1 Å². The van der Waals surface area contributed by atoms with Crippen LogP contribution in [0.1, 0.15) is 26.3 Å². The van der Waals surface area contributed by atoms with Gasteiger partial charge < -0.3 is 19.5 Å². The van der Waals surface area contributed by atoms with Gasteiger partial charge in [-0.3, -0.25) is 4.79 Å². The third-order valence-corrected chi connectivity index (χ3v) is 4.10. The van der Waals surface area contributed by atoms with Gasteiger partial charge in [0.1, 0.15) is 5.75 Å². The molecule has 0 fully saturated rings. The largest absolute Gasteiger partial charge is 0.494 e. The lowest BCUT2D eigenvalue weighted by atomic mass is 9.83. The summed E-state index contributed by atoms with van der Waals surface area (Å²) in [6.07, 6.45) is 0. The smallest absolute Gasteiger partial charge is 0.234 e. The molecule has 1 amide bonds. The fourth-order valence-electron chi connectivity index (χ4n) is 2.44. The lowest BCUT2D eigenvalue weighted by Crippen LogP contribution is -2.34. The van der Waals surface area contributed by atoms with E-state index in [1.54, 1.807) is 20.3 Å². The van der Waals surface area contributed by atoms with Gasteiger partial charge in [0.25, 0.3) is 0 Å². The average molecular weight is 343 g/mol. The highest BCUT2D eigenvalue weighted by Gasteiger charge is 2.30. The third-order valence-electron chi connectivity index (χ3n) is 4.10. The van der Waals surface area contributed by atoms with Gasteiger partial charge in [-0.25, -0.2) is 0 Å². The summed E-state index contributed by atoms with van der Waals surface area (Å²) >= 11 is 0. The molecule has 1 N–H and O–H groups in total. The second-order valence-corrected chi connectivity index (χ2v) is 6.11. The summed E-state index contributed by atoms with van der Waals surface area (Å²) in [4.78, 5) is 12.8. The van der Waals surface area contributed by atoms with Crippen LogP contribution < -0.4 is 19.5 Å². The summed E-state index contributed by atoms with van der Waals surface area (Å²) in [6, 6.07) is 12.8. The first-order valence-electron chi connectivity index (χ1n) is 8.19. The van der Waals surface area contributed by atoms with Gasteiger partial charge >= 0.3 is 0 Å². The van der Waals surface area contributed by atoms with Gasteiger partial charge in [0.05, 0.1) is 26.2 Å².